The molecule has 0 amide bonds. The van der Waals surface area contributed by atoms with E-state index in [1.807, 2.05) is 0 Å². The first-order valence-electron chi connectivity index (χ1n) is 4.89. The van der Waals surface area contributed by atoms with Crippen molar-refractivity contribution in [3.05, 3.63) is 42.5 Å². The zero-order chi connectivity index (χ0) is 12.3. The number of alkyl halides is 2. The number of aromatic hydroxyl groups is 1. The zero-order valence-corrected chi connectivity index (χ0v) is 8.75. The lowest BCUT2D eigenvalue weighted by molar-refractivity contribution is 0.0631. The highest BCUT2D eigenvalue weighted by Crippen LogP contribution is 2.25. The summed E-state index contributed by atoms with van der Waals surface area (Å²) >= 11 is 0. The summed E-state index contributed by atoms with van der Waals surface area (Å²) in [6.45, 7) is -2.78. The van der Waals surface area contributed by atoms with Crippen LogP contribution in [0.5, 0.6) is 11.5 Å². The smallest absolute Gasteiger partial charge is 0.320 e. The highest BCUT2D eigenvalue weighted by molar-refractivity contribution is 5.37. The Morgan fingerprint density at radius 2 is 2.12 bits per heavy atom. The van der Waals surface area contributed by atoms with E-state index >= 15 is 0 Å². The Kier molecular flexibility index (Phi) is 3.22. The van der Waals surface area contributed by atoms with Crippen molar-refractivity contribution in [3.8, 4) is 11.5 Å². The van der Waals surface area contributed by atoms with Gasteiger partial charge < -0.3 is 9.84 Å². The van der Waals surface area contributed by atoms with Crippen LogP contribution in [0.2, 0.25) is 0 Å². The van der Waals surface area contributed by atoms with Gasteiger partial charge in [-0.1, -0.05) is 12.1 Å². The Morgan fingerprint density at radius 3 is 2.82 bits per heavy atom. The summed E-state index contributed by atoms with van der Waals surface area (Å²) in [4.78, 5) is 3.76. The summed E-state index contributed by atoms with van der Waals surface area (Å²) in [6.07, 6.45) is 2.45. The molecule has 0 radical (unpaired) electrons. The Balaban J connectivity index is 2.08. The molecule has 2 rings (SSSR count). The third kappa shape index (κ3) is 2.52. The molecule has 0 unspecified atom stereocenters. The summed E-state index contributed by atoms with van der Waals surface area (Å²) in [5.74, 6) is 0.294. The monoisotopic (exact) mass is 240 g/mol. The van der Waals surface area contributed by atoms with Gasteiger partial charge in [-0.2, -0.15) is 8.78 Å². The lowest BCUT2D eigenvalue weighted by Gasteiger charge is -2.09. The van der Waals surface area contributed by atoms with Gasteiger partial charge in [-0.25, -0.2) is 4.98 Å². The van der Waals surface area contributed by atoms with Crippen LogP contribution in [0.4, 0.5) is 8.78 Å². The maximum absolute atomic E-state index is 12.5. The van der Waals surface area contributed by atoms with Crippen LogP contribution in [0.15, 0.2) is 36.7 Å². The van der Waals surface area contributed by atoms with E-state index in [2.05, 4.69) is 4.98 Å². The van der Waals surface area contributed by atoms with Crippen LogP contribution in [0.3, 0.4) is 0 Å². The van der Waals surface area contributed by atoms with Crippen molar-refractivity contribution >= 4 is 0 Å². The van der Waals surface area contributed by atoms with Crippen molar-refractivity contribution in [2.75, 3.05) is 0 Å². The minimum absolute atomic E-state index is 0.0392. The van der Waals surface area contributed by atoms with Crippen molar-refractivity contribution in [2.45, 2.75) is 13.2 Å². The molecule has 0 fully saturated rings. The molecule has 0 saturated carbocycles. The van der Waals surface area contributed by atoms with Gasteiger partial charge in [0.25, 0.3) is 0 Å². The first-order chi connectivity index (χ1) is 8.18. The molecule has 1 N–H and O–H groups in total. The second-order valence-electron chi connectivity index (χ2n) is 3.28. The summed E-state index contributed by atoms with van der Waals surface area (Å²) in [5.41, 5.74) is 0. The van der Waals surface area contributed by atoms with Gasteiger partial charge in [-0.3, -0.25) is 4.57 Å². The van der Waals surface area contributed by atoms with E-state index in [1.165, 1.54) is 18.5 Å². The first-order valence-corrected chi connectivity index (χ1v) is 4.89. The van der Waals surface area contributed by atoms with Crippen molar-refractivity contribution in [2.24, 2.45) is 0 Å². The van der Waals surface area contributed by atoms with Gasteiger partial charge in [0, 0.05) is 12.4 Å². The molecule has 90 valence electrons. The Labute approximate surface area is 96.1 Å². The van der Waals surface area contributed by atoms with Crippen molar-refractivity contribution < 1.29 is 18.6 Å². The standard InChI is InChI=1S/C11H10F2N2O2/c12-11(13)15-6-5-14-10(15)7-17-9-4-2-1-3-8(9)16/h1-6,11,16H,7H2. The van der Waals surface area contributed by atoms with E-state index in [9.17, 15) is 13.9 Å². The molecule has 0 aliphatic heterocycles. The molecule has 0 saturated heterocycles. The minimum atomic E-state index is -2.65. The molecular formula is C11H10F2N2O2. The van der Waals surface area contributed by atoms with E-state index in [-0.39, 0.29) is 23.9 Å². The van der Waals surface area contributed by atoms with Gasteiger partial charge in [-0.15, -0.1) is 0 Å². The summed E-state index contributed by atoms with van der Waals surface area (Å²) < 4.78 is 30.9. The van der Waals surface area contributed by atoms with Gasteiger partial charge in [0.05, 0.1) is 0 Å². The number of hydrogen-bond donors (Lipinski definition) is 1. The highest BCUT2D eigenvalue weighted by Gasteiger charge is 2.12. The second kappa shape index (κ2) is 4.82. The average molecular weight is 240 g/mol. The maximum atomic E-state index is 12.5. The predicted octanol–water partition coefficient (Wildman–Crippen LogP) is 2.56. The summed E-state index contributed by atoms with van der Waals surface area (Å²) in [5, 5.41) is 9.42. The van der Waals surface area contributed by atoms with Gasteiger partial charge >= 0.3 is 6.55 Å². The Hall–Kier alpha value is -2.11. The maximum Gasteiger partial charge on any atom is 0.320 e. The number of phenols is 1. The fraction of sp³-hybridized carbons (Fsp3) is 0.182. The Bertz CT molecular complexity index is 500. The number of aromatic nitrogens is 2. The first kappa shape index (κ1) is 11.4. The number of phenolic OH excluding ortho intramolecular Hbond substituents is 1. The molecule has 4 nitrogen and oxygen atoms in total. The van der Waals surface area contributed by atoms with Crippen LogP contribution in [-0.4, -0.2) is 14.7 Å². The van der Waals surface area contributed by atoms with E-state index < -0.39 is 6.55 Å². The van der Waals surface area contributed by atoms with Gasteiger partial charge in [0.1, 0.15) is 6.61 Å². The molecule has 1 aromatic heterocycles. The van der Waals surface area contributed by atoms with Crippen LogP contribution < -0.4 is 4.74 Å². The van der Waals surface area contributed by atoms with Crippen LogP contribution in [0.1, 0.15) is 12.4 Å². The predicted molar refractivity (Wildman–Crippen MR) is 55.9 cm³/mol. The molecule has 1 aromatic carbocycles. The van der Waals surface area contributed by atoms with Crippen LogP contribution >= 0.6 is 0 Å². The van der Waals surface area contributed by atoms with Gasteiger partial charge in [0.2, 0.25) is 0 Å². The molecule has 0 aliphatic carbocycles. The fourth-order valence-corrected chi connectivity index (χ4v) is 1.35. The second-order valence-corrected chi connectivity index (χ2v) is 3.28. The molecule has 0 aliphatic rings. The van der Waals surface area contributed by atoms with E-state index in [0.29, 0.717) is 4.57 Å². The number of rotatable bonds is 4. The lowest BCUT2D eigenvalue weighted by atomic mass is 10.3. The van der Waals surface area contributed by atoms with E-state index in [0.717, 1.165) is 0 Å². The lowest BCUT2D eigenvalue weighted by Crippen LogP contribution is -2.07. The van der Waals surface area contributed by atoms with E-state index in [1.54, 1.807) is 18.2 Å². The zero-order valence-electron chi connectivity index (χ0n) is 8.75. The highest BCUT2D eigenvalue weighted by atomic mass is 19.3. The Morgan fingerprint density at radius 1 is 1.35 bits per heavy atom. The van der Waals surface area contributed by atoms with Crippen molar-refractivity contribution in [1.29, 1.82) is 0 Å². The number of para-hydroxylation sites is 2. The quantitative estimate of drug-likeness (QED) is 0.893. The summed E-state index contributed by atoms with van der Waals surface area (Å²) in [6, 6.07) is 6.32. The molecule has 2 aromatic rings. The largest absolute Gasteiger partial charge is 0.504 e. The van der Waals surface area contributed by atoms with Crippen molar-refractivity contribution in [3.63, 3.8) is 0 Å². The molecular weight excluding hydrogens is 230 g/mol. The van der Waals surface area contributed by atoms with Crippen LogP contribution in [-0.2, 0) is 6.61 Å². The number of hydrogen-bond acceptors (Lipinski definition) is 3. The van der Waals surface area contributed by atoms with E-state index in [4.69, 9.17) is 4.74 Å². The molecule has 6 heteroatoms. The normalized spacial score (nSPS) is 10.8. The number of imidazole rings is 1. The molecule has 0 spiro atoms. The summed E-state index contributed by atoms with van der Waals surface area (Å²) in [7, 11) is 0. The molecule has 17 heavy (non-hydrogen) atoms. The SMILES string of the molecule is Oc1ccccc1OCc1nccn1C(F)F. The van der Waals surface area contributed by atoms with Crippen LogP contribution in [0.25, 0.3) is 0 Å². The topological polar surface area (TPSA) is 47.3 Å². The van der Waals surface area contributed by atoms with Crippen LogP contribution in [0, 0.1) is 0 Å². The number of ether oxygens (including phenoxy) is 1. The molecule has 1 heterocycles. The third-order valence-electron chi connectivity index (χ3n) is 2.18. The van der Waals surface area contributed by atoms with Gasteiger partial charge in [-0.05, 0) is 12.1 Å². The molecule has 0 bridgehead atoms. The third-order valence-corrected chi connectivity index (χ3v) is 2.18. The number of benzene rings is 1. The van der Waals surface area contributed by atoms with Crippen molar-refractivity contribution in [1.82, 2.24) is 9.55 Å². The average Bonchev–Trinajstić information content (AvgIpc) is 2.76. The molecule has 0 atom stereocenters. The number of nitrogens with zero attached hydrogens (tertiary/aromatic N) is 2. The number of halogens is 2. The van der Waals surface area contributed by atoms with Gasteiger partial charge in [0.15, 0.2) is 17.3 Å². The fourth-order valence-electron chi connectivity index (χ4n) is 1.35. The minimum Gasteiger partial charge on any atom is -0.504 e.